The van der Waals surface area contributed by atoms with Crippen molar-refractivity contribution in [1.29, 1.82) is 0 Å². The number of nitrogens with one attached hydrogen (secondary N) is 2. The Balaban J connectivity index is 1.60. The molecule has 0 saturated heterocycles. The first-order valence-corrected chi connectivity index (χ1v) is 10.1. The van der Waals surface area contributed by atoms with Gasteiger partial charge in [-0.25, -0.2) is 13.8 Å². The third-order valence-electron chi connectivity index (χ3n) is 5.44. The molecule has 160 valence electrons. The number of carbonyl (C=O) groups excluding carboxylic acids is 1. The van der Waals surface area contributed by atoms with Gasteiger partial charge in [-0.05, 0) is 19.8 Å². The molecule has 0 aliphatic heterocycles. The summed E-state index contributed by atoms with van der Waals surface area (Å²) in [6, 6.07) is 0. The van der Waals surface area contributed by atoms with Crippen LogP contribution < -0.4 is 10.1 Å². The summed E-state index contributed by atoms with van der Waals surface area (Å²) in [5.41, 5.74) is 2.59. The van der Waals surface area contributed by atoms with Crippen LogP contribution in [0, 0.1) is 11.7 Å². The number of benzene rings is 1. The van der Waals surface area contributed by atoms with Crippen LogP contribution >= 0.6 is 0 Å². The summed E-state index contributed by atoms with van der Waals surface area (Å²) < 4.78 is 35.6. The number of alkyl halides is 1. The molecule has 1 aromatic carbocycles. The quantitative estimate of drug-likeness (QED) is 0.490. The zero-order valence-corrected chi connectivity index (χ0v) is 16.9. The van der Waals surface area contributed by atoms with Gasteiger partial charge in [-0.2, -0.15) is 5.10 Å². The van der Waals surface area contributed by atoms with Gasteiger partial charge in [-0.15, -0.1) is 0 Å². The highest BCUT2D eigenvalue weighted by molar-refractivity contribution is 5.99. The van der Waals surface area contributed by atoms with E-state index in [1.807, 2.05) is 6.92 Å². The molecule has 0 bridgehead atoms. The smallest absolute Gasteiger partial charge is 0.231 e. The lowest BCUT2D eigenvalue weighted by Gasteiger charge is -2.15. The second-order valence-corrected chi connectivity index (χ2v) is 7.45. The van der Waals surface area contributed by atoms with Gasteiger partial charge in [-0.1, -0.05) is 6.92 Å². The Morgan fingerprint density at radius 1 is 1.35 bits per heavy atom. The molecule has 0 radical (unpaired) electrons. The second-order valence-electron chi connectivity index (χ2n) is 7.45. The van der Waals surface area contributed by atoms with E-state index in [9.17, 15) is 9.18 Å². The number of fused-ring (bicyclic) bond motifs is 2. The summed E-state index contributed by atoms with van der Waals surface area (Å²) in [6.45, 7) is 3.98. The van der Waals surface area contributed by atoms with E-state index in [0.29, 0.717) is 52.2 Å². The number of hydrogen-bond acceptors (Lipinski definition) is 5. The monoisotopic (exact) mass is 426 g/mol. The fourth-order valence-electron chi connectivity index (χ4n) is 3.82. The number of aromatic nitrogens is 5. The van der Waals surface area contributed by atoms with Crippen LogP contribution in [0.2, 0.25) is 0 Å². The van der Waals surface area contributed by atoms with Gasteiger partial charge in [0, 0.05) is 22.7 Å². The van der Waals surface area contributed by atoms with Crippen molar-refractivity contribution >= 4 is 28.3 Å². The van der Waals surface area contributed by atoms with Gasteiger partial charge >= 0.3 is 0 Å². The van der Waals surface area contributed by atoms with Crippen LogP contribution in [-0.4, -0.2) is 43.3 Å². The number of anilines is 1. The van der Waals surface area contributed by atoms with Crippen LogP contribution in [0.25, 0.3) is 27.8 Å². The van der Waals surface area contributed by atoms with Crippen LogP contribution in [0.15, 0.2) is 24.8 Å². The van der Waals surface area contributed by atoms with E-state index in [1.165, 1.54) is 0 Å². The number of H-pyrrole nitrogens is 1. The lowest BCUT2D eigenvalue weighted by molar-refractivity contribution is -0.117. The number of halogens is 2. The number of amides is 1. The average Bonchev–Trinajstić information content (AvgIpc) is 3.13. The van der Waals surface area contributed by atoms with Crippen LogP contribution in [-0.2, 0) is 11.2 Å². The van der Waals surface area contributed by atoms with Gasteiger partial charge in [0.15, 0.2) is 23.0 Å². The molecule has 1 amide bonds. The number of ether oxygens (including phenoxy) is 1. The number of rotatable bonds is 6. The standard InChI is InChI=1S/C21H20F2N6O2/c1-3-10-17(12-6-25-28-19(12)20(18(10)23)31-4-2)14-8-29-9-15(26-16(29)7-24-14)27-21(30)11-5-13(11)22/h6-9,11,13H,3-5H2,1-2H3,(H,25,28)(H,27,30). The molecule has 1 saturated carbocycles. The number of aromatic amines is 1. The molecule has 4 aromatic rings. The topological polar surface area (TPSA) is 97.2 Å². The van der Waals surface area contributed by atoms with Gasteiger partial charge in [-0.3, -0.25) is 14.9 Å². The van der Waals surface area contributed by atoms with Crippen molar-refractivity contribution in [3.63, 3.8) is 0 Å². The summed E-state index contributed by atoms with van der Waals surface area (Å²) in [5, 5.41) is 10.2. The molecule has 2 unspecified atom stereocenters. The van der Waals surface area contributed by atoms with Gasteiger partial charge < -0.3 is 14.5 Å². The largest absolute Gasteiger partial charge is 0.489 e. The van der Waals surface area contributed by atoms with E-state index in [4.69, 9.17) is 4.74 Å². The minimum Gasteiger partial charge on any atom is -0.489 e. The molecular formula is C21H20F2N6O2. The lowest BCUT2D eigenvalue weighted by atomic mass is 9.97. The van der Waals surface area contributed by atoms with Crippen molar-refractivity contribution in [2.45, 2.75) is 32.9 Å². The highest BCUT2D eigenvalue weighted by atomic mass is 19.1. The van der Waals surface area contributed by atoms with Crippen molar-refractivity contribution in [2.24, 2.45) is 5.92 Å². The first kappa shape index (κ1) is 19.4. The summed E-state index contributed by atoms with van der Waals surface area (Å²) in [5.74, 6) is -0.972. The van der Waals surface area contributed by atoms with Gasteiger partial charge in [0.25, 0.3) is 0 Å². The minimum atomic E-state index is -1.08. The normalized spacial score (nSPS) is 17.9. The zero-order chi connectivity index (χ0) is 21.7. The van der Waals surface area contributed by atoms with Crippen molar-refractivity contribution in [3.05, 3.63) is 36.2 Å². The summed E-state index contributed by atoms with van der Waals surface area (Å²) >= 11 is 0. The molecule has 5 rings (SSSR count). The van der Waals surface area contributed by atoms with Crippen LogP contribution in [0.5, 0.6) is 5.75 Å². The SMILES string of the molecule is CCOc1c(F)c(CC)c(-c2cn3cc(NC(=O)C4CC4F)nc3cn2)c2cn[nH]c12. The second kappa shape index (κ2) is 7.29. The number of imidazole rings is 1. The molecule has 3 aromatic heterocycles. The highest BCUT2D eigenvalue weighted by Crippen LogP contribution is 2.39. The molecule has 0 spiro atoms. The van der Waals surface area contributed by atoms with Crippen molar-refractivity contribution in [1.82, 2.24) is 24.6 Å². The molecule has 31 heavy (non-hydrogen) atoms. The van der Waals surface area contributed by atoms with Crippen molar-refractivity contribution in [2.75, 3.05) is 11.9 Å². The van der Waals surface area contributed by atoms with E-state index in [2.05, 4.69) is 25.5 Å². The summed E-state index contributed by atoms with van der Waals surface area (Å²) in [6.07, 6.45) is 6.10. The van der Waals surface area contributed by atoms with E-state index in [1.54, 1.807) is 36.1 Å². The van der Waals surface area contributed by atoms with E-state index in [-0.39, 0.29) is 18.1 Å². The Hall–Kier alpha value is -3.56. The van der Waals surface area contributed by atoms with E-state index >= 15 is 4.39 Å². The van der Waals surface area contributed by atoms with Gasteiger partial charge in [0.05, 0.1) is 36.8 Å². The maximum absolute atomic E-state index is 15.3. The molecule has 1 aliphatic carbocycles. The van der Waals surface area contributed by atoms with Crippen LogP contribution in [0.1, 0.15) is 25.8 Å². The minimum absolute atomic E-state index is 0.149. The Morgan fingerprint density at radius 2 is 2.16 bits per heavy atom. The molecule has 1 aliphatic rings. The molecule has 10 heteroatoms. The van der Waals surface area contributed by atoms with Gasteiger partial charge in [0.2, 0.25) is 5.91 Å². The fraction of sp³-hybridized carbons (Fsp3) is 0.333. The predicted molar refractivity (Wildman–Crippen MR) is 110 cm³/mol. The average molecular weight is 426 g/mol. The number of carbonyl (C=O) groups is 1. The van der Waals surface area contributed by atoms with E-state index in [0.717, 1.165) is 0 Å². The third kappa shape index (κ3) is 3.18. The highest BCUT2D eigenvalue weighted by Gasteiger charge is 2.43. The molecule has 1 fully saturated rings. The Morgan fingerprint density at radius 3 is 2.87 bits per heavy atom. The first-order chi connectivity index (χ1) is 15.0. The molecule has 3 heterocycles. The number of hydrogen-bond donors (Lipinski definition) is 2. The molecule has 2 N–H and O–H groups in total. The van der Waals surface area contributed by atoms with Crippen LogP contribution in [0.4, 0.5) is 14.6 Å². The Bertz CT molecular complexity index is 1310. The number of nitrogens with zero attached hydrogens (tertiary/aromatic N) is 4. The maximum Gasteiger partial charge on any atom is 0.231 e. The summed E-state index contributed by atoms with van der Waals surface area (Å²) in [7, 11) is 0. The Kier molecular flexibility index (Phi) is 4.57. The van der Waals surface area contributed by atoms with Gasteiger partial charge in [0.1, 0.15) is 11.7 Å². The van der Waals surface area contributed by atoms with Crippen molar-refractivity contribution < 1.29 is 18.3 Å². The van der Waals surface area contributed by atoms with Crippen LogP contribution in [0.3, 0.4) is 0 Å². The predicted octanol–water partition coefficient (Wildman–Crippen LogP) is 3.67. The van der Waals surface area contributed by atoms with E-state index < -0.39 is 17.9 Å². The zero-order valence-electron chi connectivity index (χ0n) is 16.9. The summed E-state index contributed by atoms with van der Waals surface area (Å²) in [4.78, 5) is 20.8. The third-order valence-corrected chi connectivity index (χ3v) is 5.44. The first-order valence-electron chi connectivity index (χ1n) is 10.1. The Labute approximate surface area is 175 Å². The molecule has 2 atom stereocenters. The van der Waals surface area contributed by atoms with Crippen molar-refractivity contribution in [3.8, 4) is 17.0 Å². The molecule has 8 nitrogen and oxygen atoms in total. The maximum atomic E-state index is 15.3. The lowest BCUT2D eigenvalue weighted by Crippen LogP contribution is -2.15. The molecular weight excluding hydrogens is 406 g/mol. The fourth-order valence-corrected chi connectivity index (χ4v) is 3.82.